The summed E-state index contributed by atoms with van der Waals surface area (Å²) < 4.78 is 12.1. The van der Waals surface area contributed by atoms with Crippen LogP contribution in [0.15, 0.2) is 30.5 Å². The molecule has 5 aliphatic heterocycles. The number of nitrogens with one attached hydrogen (secondary N) is 1. The van der Waals surface area contributed by atoms with Gasteiger partial charge in [-0.2, -0.15) is 0 Å². The maximum atomic E-state index is 11.8. The minimum absolute atomic E-state index is 0.0213. The molecule has 0 spiro atoms. The zero-order valence-electron chi connectivity index (χ0n) is 16.7. The van der Waals surface area contributed by atoms with E-state index in [-0.39, 0.29) is 11.7 Å². The fourth-order valence-corrected chi connectivity index (χ4v) is 5.46. The number of nitrogens with zero attached hydrogens (tertiary/aromatic N) is 2. The molecule has 0 radical (unpaired) electrons. The average Bonchev–Trinajstić information content (AvgIpc) is 2.72. The van der Waals surface area contributed by atoms with Gasteiger partial charge < -0.3 is 9.47 Å². The molecule has 0 aliphatic carbocycles. The summed E-state index contributed by atoms with van der Waals surface area (Å²) in [7, 11) is 0. The normalized spacial score (nSPS) is 32.3. The van der Waals surface area contributed by atoms with Crippen molar-refractivity contribution >= 4 is 22.9 Å². The predicted molar refractivity (Wildman–Crippen MR) is 107 cm³/mol. The quantitative estimate of drug-likeness (QED) is 0.860. The summed E-state index contributed by atoms with van der Waals surface area (Å²) in [6.07, 6.45) is 4.41. The zero-order valence-corrected chi connectivity index (χ0v) is 16.7. The first kappa shape index (κ1) is 18.5. The monoisotopic (exact) mass is 395 g/mol. The lowest BCUT2D eigenvalue weighted by atomic mass is 9.66. The number of benzene rings is 1. The van der Waals surface area contributed by atoms with Gasteiger partial charge in [-0.3, -0.25) is 20.0 Å². The second kappa shape index (κ2) is 6.78. The van der Waals surface area contributed by atoms with Crippen LogP contribution >= 0.6 is 0 Å². The van der Waals surface area contributed by atoms with Crippen LogP contribution in [-0.4, -0.2) is 46.6 Å². The van der Waals surface area contributed by atoms with Gasteiger partial charge in [-0.15, -0.1) is 0 Å². The molecule has 7 rings (SSSR count). The third-order valence-corrected chi connectivity index (χ3v) is 6.83. The summed E-state index contributed by atoms with van der Waals surface area (Å²) in [5.41, 5.74) is 1.85. The van der Waals surface area contributed by atoms with Gasteiger partial charge in [0.1, 0.15) is 5.75 Å². The highest BCUT2D eigenvalue weighted by Crippen LogP contribution is 2.54. The zero-order chi connectivity index (χ0) is 20.2. The molecule has 6 heterocycles. The molecule has 0 saturated carbocycles. The Morgan fingerprint density at radius 1 is 1.38 bits per heavy atom. The third-order valence-electron chi connectivity index (χ3n) is 6.83. The molecule has 5 atom stereocenters. The fraction of sp³-hybridized carbons (Fsp3) is 0.500. The molecule has 29 heavy (non-hydrogen) atoms. The van der Waals surface area contributed by atoms with Gasteiger partial charge in [0.15, 0.2) is 0 Å². The van der Waals surface area contributed by atoms with Crippen molar-refractivity contribution in [1.82, 2.24) is 15.2 Å². The van der Waals surface area contributed by atoms with Crippen LogP contribution in [0.25, 0.3) is 10.9 Å². The van der Waals surface area contributed by atoms with Crippen molar-refractivity contribution in [2.45, 2.75) is 50.9 Å². The number of aromatic nitrogens is 1. The number of hydrogen-bond acceptors (Lipinski definition) is 6. The van der Waals surface area contributed by atoms with E-state index in [0.717, 1.165) is 36.0 Å². The van der Waals surface area contributed by atoms with Crippen LogP contribution in [0.2, 0.25) is 0 Å². The van der Waals surface area contributed by atoms with Gasteiger partial charge >= 0.3 is 6.09 Å². The van der Waals surface area contributed by atoms with E-state index in [9.17, 15) is 9.59 Å². The highest BCUT2D eigenvalue weighted by molar-refractivity contribution is 5.91. The average molecular weight is 395 g/mol. The van der Waals surface area contributed by atoms with Crippen molar-refractivity contribution in [3.05, 3.63) is 36.0 Å². The SMILES string of the molecule is CC[C@]12CN3CC[C@H]1C[C@@H]3[C@H](c1ccnc3ccc(OC(=O)NC(C)=O)cc13)O2. The Bertz CT molecular complexity index is 993. The van der Waals surface area contributed by atoms with Gasteiger partial charge in [0.05, 0.1) is 17.2 Å². The Hall–Kier alpha value is -2.51. The van der Waals surface area contributed by atoms with Crippen LogP contribution in [0.5, 0.6) is 5.75 Å². The summed E-state index contributed by atoms with van der Waals surface area (Å²) in [5.74, 6) is 0.554. The van der Waals surface area contributed by atoms with Gasteiger partial charge in [0, 0.05) is 31.1 Å². The van der Waals surface area contributed by atoms with Crippen LogP contribution < -0.4 is 10.1 Å². The first-order chi connectivity index (χ1) is 14.0. The van der Waals surface area contributed by atoms with Crippen LogP contribution in [0.4, 0.5) is 4.79 Å². The van der Waals surface area contributed by atoms with Gasteiger partial charge in [0.2, 0.25) is 5.91 Å². The van der Waals surface area contributed by atoms with E-state index in [1.165, 1.54) is 19.8 Å². The molecule has 7 nitrogen and oxygen atoms in total. The Kier molecular flexibility index (Phi) is 4.33. The second-order valence-electron chi connectivity index (χ2n) is 8.37. The standard InChI is InChI=1S/C22H25N3O4/c1-3-22-12-25-9-7-14(22)10-19(25)20(29-22)16-6-8-23-18-5-4-15(11-17(16)18)28-21(27)24-13(2)26/h4-6,8,11,14,19-20H,3,7,9-10,12H2,1-2H3,(H,24,26,27)/t14-,19+,20-,22-/m0/s1. The van der Waals surface area contributed by atoms with E-state index in [1.54, 1.807) is 6.07 Å². The minimum Gasteiger partial charge on any atom is -0.410 e. The molecule has 2 amide bonds. The van der Waals surface area contributed by atoms with Crippen molar-refractivity contribution in [1.29, 1.82) is 0 Å². The Morgan fingerprint density at radius 2 is 2.24 bits per heavy atom. The fourth-order valence-electron chi connectivity index (χ4n) is 5.46. The van der Waals surface area contributed by atoms with Crippen LogP contribution in [0.3, 0.4) is 0 Å². The van der Waals surface area contributed by atoms with Crippen molar-refractivity contribution < 1.29 is 19.1 Å². The van der Waals surface area contributed by atoms with Gasteiger partial charge in [-0.05, 0) is 61.6 Å². The number of carbonyl (C=O) groups excluding carboxylic acids is 2. The van der Waals surface area contributed by atoms with Gasteiger partial charge in [-0.1, -0.05) is 6.92 Å². The van der Waals surface area contributed by atoms with Crippen molar-refractivity contribution in [2.75, 3.05) is 13.1 Å². The molecule has 1 aromatic heterocycles. The summed E-state index contributed by atoms with van der Waals surface area (Å²) >= 11 is 0. The van der Waals surface area contributed by atoms with Gasteiger partial charge in [0.25, 0.3) is 0 Å². The minimum atomic E-state index is -0.788. The van der Waals surface area contributed by atoms with Crippen molar-refractivity contribution in [3.63, 3.8) is 0 Å². The maximum Gasteiger partial charge on any atom is 0.419 e. The van der Waals surface area contributed by atoms with E-state index in [1.807, 2.05) is 24.4 Å². The van der Waals surface area contributed by atoms with E-state index in [0.29, 0.717) is 17.7 Å². The molecule has 1 aromatic carbocycles. The summed E-state index contributed by atoms with van der Waals surface area (Å²) in [6.45, 7) is 5.66. The predicted octanol–water partition coefficient (Wildman–Crippen LogP) is 3.18. The van der Waals surface area contributed by atoms with Crippen LogP contribution in [0.1, 0.15) is 44.8 Å². The molecule has 5 fully saturated rings. The van der Waals surface area contributed by atoms with Crippen LogP contribution in [0, 0.1) is 5.92 Å². The highest BCUT2D eigenvalue weighted by atomic mass is 16.6. The molecular weight excluding hydrogens is 370 g/mol. The van der Waals surface area contributed by atoms with E-state index in [4.69, 9.17) is 9.47 Å². The topological polar surface area (TPSA) is 80.8 Å². The third kappa shape index (κ3) is 3.00. The number of piperidine rings is 3. The maximum absolute atomic E-state index is 11.8. The number of fused-ring (bicyclic) bond motifs is 3. The van der Waals surface area contributed by atoms with Gasteiger partial charge in [-0.25, -0.2) is 4.79 Å². The second-order valence-corrected chi connectivity index (χ2v) is 8.37. The lowest BCUT2D eigenvalue weighted by Gasteiger charge is -2.64. The number of ether oxygens (including phenoxy) is 2. The molecule has 2 aromatic rings. The lowest BCUT2D eigenvalue weighted by Crippen LogP contribution is -2.70. The number of pyridine rings is 1. The Balaban J connectivity index is 1.51. The van der Waals surface area contributed by atoms with Crippen LogP contribution in [-0.2, 0) is 9.53 Å². The van der Waals surface area contributed by atoms with E-state index in [2.05, 4.69) is 22.1 Å². The van der Waals surface area contributed by atoms with E-state index < -0.39 is 12.0 Å². The first-order valence-electron chi connectivity index (χ1n) is 10.3. The molecule has 5 saturated heterocycles. The number of rotatable bonds is 3. The first-order valence-corrected chi connectivity index (χ1v) is 10.3. The number of carbonyl (C=O) groups is 2. The largest absolute Gasteiger partial charge is 0.419 e. The Labute approximate surface area is 169 Å². The number of hydrogen-bond donors (Lipinski definition) is 1. The smallest absolute Gasteiger partial charge is 0.410 e. The molecule has 5 aliphatic rings. The summed E-state index contributed by atoms with van der Waals surface area (Å²) in [4.78, 5) is 29.9. The van der Waals surface area contributed by atoms with E-state index >= 15 is 0 Å². The molecule has 152 valence electrons. The lowest BCUT2D eigenvalue weighted by molar-refractivity contribution is -0.274. The molecule has 4 bridgehead atoms. The molecular formula is C22H25N3O4. The summed E-state index contributed by atoms with van der Waals surface area (Å²) in [6, 6.07) is 7.73. The summed E-state index contributed by atoms with van der Waals surface area (Å²) in [5, 5.41) is 3.04. The Morgan fingerprint density at radius 3 is 2.97 bits per heavy atom. The highest BCUT2D eigenvalue weighted by Gasteiger charge is 2.58. The molecule has 1 N–H and O–H groups in total. The number of imide groups is 1. The number of morpholine rings is 1. The van der Waals surface area contributed by atoms with Crippen molar-refractivity contribution in [2.24, 2.45) is 5.92 Å². The molecule has 7 heteroatoms. The van der Waals surface area contributed by atoms with Crippen molar-refractivity contribution in [3.8, 4) is 5.75 Å². The number of amides is 2. The molecule has 1 unspecified atom stereocenters.